The van der Waals surface area contributed by atoms with Crippen molar-refractivity contribution in [3.05, 3.63) is 68.5 Å². The van der Waals surface area contributed by atoms with Crippen molar-refractivity contribution in [1.82, 2.24) is 0 Å². The summed E-state index contributed by atoms with van der Waals surface area (Å²) in [7, 11) is -3.70. The number of hydrogen-bond donors (Lipinski definition) is 1. The number of sulfone groups is 1. The van der Waals surface area contributed by atoms with E-state index in [2.05, 4.69) is 5.32 Å². The molecule has 6 nitrogen and oxygen atoms in total. The maximum atomic E-state index is 12.8. The summed E-state index contributed by atoms with van der Waals surface area (Å²) in [5, 5.41) is 15.9. The molecule has 2 aromatic carbocycles. The van der Waals surface area contributed by atoms with E-state index in [1.54, 1.807) is 0 Å². The molecule has 28 heavy (non-hydrogen) atoms. The Bertz CT molecular complexity index is 1060. The summed E-state index contributed by atoms with van der Waals surface area (Å²) >= 11 is 17.6. The Morgan fingerprint density at radius 3 is 2.36 bits per heavy atom. The van der Waals surface area contributed by atoms with Crippen LogP contribution in [0.4, 0.5) is 5.69 Å². The van der Waals surface area contributed by atoms with Gasteiger partial charge in [0.1, 0.15) is 0 Å². The molecule has 0 aromatic heterocycles. The Hall–Kier alpha value is -0.770. The zero-order valence-corrected chi connectivity index (χ0v) is 19.6. The second-order valence-electron chi connectivity index (χ2n) is 5.60. The van der Waals surface area contributed by atoms with Crippen LogP contribution in [0.3, 0.4) is 0 Å². The van der Waals surface area contributed by atoms with E-state index in [0.717, 1.165) is 0 Å². The summed E-state index contributed by atoms with van der Waals surface area (Å²) in [5.74, 6) is -1.71. The largest absolute Gasteiger partial charge is 1.00 e. The Kier molecular flexibility index (Phi) is 8.86. The van der Waals surface area contributed by atoms with E-state index in [9.17, 15) is 18.3 Å². The van der Waals surface area contributed by atoms with Gasteiger partial charge in [-0.3, -0.25) is 4.79 Å². The van der Waals surface area contributed by atoms with Crippen LogP contribution in [0.1, 0.15) is 16.8 Å². The molecule has 11 heteroatoms. The third kappa shape index (κ3) is 5.23. The molecular formula is C17H13Cl3NNaO5S. The van der Waals surface area contributed by atoms with E-state index >= 15 is 0 Å². The van der Waals surface area contributed by atoms with E-state index < -0.39 is 21.5 Å². The summed E-state index contributed by atoms with van der Waals surface area (Å²) in [6.07, 6.45) is -0.208. The maximum absolute atomic E-state index is 12.8. The predicted octanol–water partition coefficient (Wildman–Crippen LogP) is -0.130. The molecule has 0 atom stereocenters. The van der Waals surface area contributed by atoms with Gasteiger partial charge in [0.25, 0.3) is 0 Å². The monoisotopic (exact) mass is 471 g/mol. The number of Topliss-reactive ketones (excluding diaryl/α,β-unsaturated/α-hetero) is 1. The normalized spacial score (nSPS) is 16.8. The van der Waals surface area contributed by atoms with Crippen LogP contribution in [-0.2, 0) is 9.84 Å². The standard InChI is InChI=1S/C17H12Cl3NO4S.Na.H2O/c18-9-1-4-15-12(7-9)16(22)11(5-6-26(15,24)25)17(23)21-10-2-3-13(19)14(20)8-10;;/h1-4,7-8,21,23H,5-6H2;;1H2/q;+1;/p-1/b17-11-;;. The molecule has 0 bridgehead atoms. The van der Waals surface area contributed by atoms with Gasteiger partial charge in [-0.15, -0.1) is 0 Å². The fraction of sp³-hybridized carbons (Fsp3) is 0.118. The SMILES string of the molecule is O.O=C1/C(=C(\[O-])Nc2ccc(Cl)c(Cl)c2)CCS(=O)(=O)c2ccc(Cl)cc21.[Na+]. The van der Waals surface area contributed by atoms with Crippen LogP contribution in [0.2, 0.25) is 15.1 Å². The van der Waals surface area contributed by atoms with Crippen LogP contribution in [0.5, 0.6) is 0 Å². The molecule has 0 spiro atoms. The van der Waals surface area contributed by atoms with Crippen molar-refractivity contribution in [1.29, 1.82) is 0 Å². The quantitative estimate of drug-likeness (QED) is 0.371. The van der Waals surface area contributed by atoms with E-state index in [1.165, 1.54) is 36.4 Å². The first kappa shape index (κ1) is 25.3. The molecule has 0 aliphatic carbocycles. The predicted molar refractivity (Wildman–Crippen MR) is 103 cm³/mol. The zero-order chi connectivity index (χ0) is 19.1. The number of halogens is 3. The summed E-state index contributed by atoms with van der Waals surface area (Å²) in [5.41, 5.74) is 0.0677. The summed E-state index contributed by atoms with van der Waals surface area (Å²) in [6.45, 7) is 0. The van der Waals surface area contributed by atoms with Crippen molar-refractivity contribution >= 4 is 56.1 Å². The molecule has 0 fully saturated rings. The third-order valence-electron chi connectivity index (χ3n) is 3.87. The smallest absolute Gasteiger partial charge is 0.860 e. The fourth-order valence-electron chi connectivity index (χ4n) is 2.57. The average Bonchev–Trinajstić information content (AvgIpc) is 2.66. The Labute approximate surface area is 199 Å². The van der Waals surface area contributed by atoms with E-state index in [1.807, 2.05) is 0 Å². The number of carbonyl (C=O) groups excluding carboxylic acids is 1. The molecule has 3 rings (SSSR count). The van der Waals surface area contributed by atoms with Crippen LogP contribution in [0, 0.1) is 0 Å². The number of allylic oxidation sites excluding steroid dienone is 1. The van der Waals surface area contributed by atoms with Crippen LogP contribution in [0.15, 0.2) is 52.7 Å². The number of rotatable bonds is 2. The topological polar surface area (TPSA) is 118 Å². The van der Waals surface area contributed by atoms with Gasteiger partial charge in [-0.05, 0) is 48.7 Å². The van der Waals surface area contributed by atoms with Crippen molar-refractivity contribution in [2.45, 2.75) is 11.3 Å². The number of anilines is 1. The zero-order valence-electron chi connectivity index (χ0n) is 14.6. The van der Waals surface area contributed by atoms with Crippen molar-refractivity contribution in [2.75, 3.05) is 11.1 Å². The Balaban J connectivity index is 0.00000196. The third-order valence-corrected chi connectivity index (χ3v) is 6.61. The van der Waals surface area contributed by atoms with Crippen molar-refractivity contribution in [3.63, 3.8) is 0 Å². The summed E-state index contributed by atoms with van der Waals surface area (Å²) in [4.78, 5) is 12.6. The van der Waals surface area contributed by atoms with Gasteiger partial charge in [-0.2, -0.15) is 0 Å². The molecule has 0 radical (unpaired) electrons. The molecule has 0 amide bonds. The summed E-state index contributed by atoms with van der Waals surface area (Å²) < 4.78 is 24.8. The second-order valence-corrected chi connectivity index (χ2v) is 8.93. The van der Waals surface area contributed by atoms with Gasteiger partial charge in [0.15, 0.2) is 15.6 Å². The van der Waals surface area contributed by atoms with Crippen molar-refractivity contribution < 1.29 is 53.4 Å². The number of benzene rings is 2. The molecule has 1 aliphatic rings. The van der Waals surface area contributed by atoms with Crippen LogP contribution >= 0.6 is 34.8 Å². The molecule has 0 unspecified atom stereocenters. The number of hydrogen-bond acceptors (Lipinski definition) is 5. The van der Waals surface area contributed by atoms with Gasteiger partial charge in [-0.1, -0.05) is 34.8 Å². The first-order valence-corrected chi connectivity index (χ1v) is 10.2. The van der Waals surface area contributed by atoms with Gasteiger partial charge in [-0.25, -0.2) is 8.42 Å². The molecule has 144 valence electrons. The molecule has 1 heterocycles. The van der Waals surface area contributed by atoms with E-state index in [4.69, 9.17) is 34.8 Å². The Morgan fingerprint density at radius 2 is 1.71 bits per heavy atom. The summed E-state index contributed by atoms with van der Waals surface area (Å²) in [6, 6.07) is 8.39. The number of carbonyl (C=O) groups is 1. The fourth-order valence-corrected chi connectivity index (χ4v) is 4.50. The van der Waals surface area contributed by atoms with Crippen molar-refractivity contribution in [3.8, 4) is 0 Å². The maximum Gasteiger partial charge on any atom is 1.00 e. The molecule has 3 N–H and O–H groups in total. The minimum atomic E-state index is -3.70. The van der Waals surface area contributed by atoms with Crippen LogP contribution in [0.25, 0.3) is 0 Å². The van der Waals surface area contributed by atoms with Gasteiger partial charge in [0.05, 0.1) is 20.7 Å². The Morgan fingerprint density at radius 1 is 1.04 bits per heavy atom. The first-order chi connectivity index (χ1) is 12.2. The second kappa shape index (κ2) is 9.82. The molecule has 2 aromatic rings. The first-order valence-electron chi connectivity index (χ1n) is 7.38. The minimum absolute atomic E-state index is 0. The van der Waals surface area contributed by atoms with E-state index in [0.29, 0.717) is 10.7 Å². The average molecular weight is 473 g/mol. The van der Waals surface area contributed by atoms with Gasteiger partial charge < -0.3 is 15.9 Å². The van der Waals surface area contributed by atoms with Gasteiger partial charge in [0, 0.05) is 21.8 Å². The molecule has 1 aliphatic heterocycles. The molecular weight excluding hydrogens is 460 g/mol. The number of nitrogens with one attached hydrogen (secondary N) is 1. The van der Waals surface area contributed by atoms with E-state index in [-0.39, 0.29) is 73.3 Å². The minimum Gasteiger partial charge on any atom is -0.860 e. The van der Waals surface area contributed by atoms with Gasteiger partial charge in [0.2, 0.25) is 0 Å². The van der Waals surface area contributed by atoms with Crippen molar-refractivity contribution in [2.24, 2.45) is 0 Å². The number of ketones is 1. The molecule has 0 saturated carbocycles. The molecule has 0 saturated heterocycles. The van der Waals surface area contributed by atoms with Crippen LogP contribution in [-0.4, -0.2) is 25.4 Å². The van der Waals surface area contributed by atoms with Gasteiger partial charge >= 0.3 is 29.6 Å². The number of fused-ring (bicyclic) bond motifs is 1. The van der Waals surface area contributed by atoms with Crippen LogP contribution < -0.4 is 40.0 Å².